The number of carbonyl (C=O) groups excluding carboxylic acids is 2. The summed E-state index contributed by atoms with van der Waals surface area (Å²) in [6.45, 7) is 0.299. The zero-order valence-electron chi connectivity index (χ0n) is 8.98. The smallest absolute Gasteiger partial charge is 0.254 e. The van der Waals surface area contributed by atoms with Crippen molar-refractivity contribution in [1.29, 1.82) is 0 Å². The summed E-state index contributed by atoms with van der Waals surface area (Å²) in [5, 5.41) is 2.90. The van der Waals surface area contributed by atoms with E-state index in [2.05, 4.69) is 10.3 Å². The second-order valence-electron chi connectivity index (χ2n) is 3.13. The molecule has 1 aromatic rings. The first-order valence-corrected chi connectivity index (χ1v) is 5.23. The lowest BCUT2D eigenvalue weighted by atomic mass is 10.2. The van der Waals surface area contributed by atoms with Crippen molar-refractivity contribution in [2.24, 2.45) is 5.73 Å². The number of halogens is 1. The van der Waals surface area contributed by atoms with Crippen LogP contribution in [-0.2, 0) is 9.53 Å². The highest BCUT2D eigenvalue weighted by molar-refractivity contribution is 6.33. The molecule has 0 aliphatic heterocycles. The number of ether oxygens (including phenoxy) is 1. The molecule has 0 aromatic carbocycles. The van der Waals surface area contributed by atoms with Crippen molar-refractivity contribution in [1.82, 2.24) is 10.3 Å². The summed E-state index contributed by atoms with van der Waals surface area (Å²) >= 11 is 5.81. The number of pyridine rings is 1. The molecule has 0 bridgehead atoms. The van der Waals surface area contributed by atoms with Crippen LogP contribution in [0.25, 0.3) is 0 Å². The number of nitrogens with zero attached hydrogens (tertiary/aromatic N) is 1. The van der Waals surface area contributed by atoms with Gasteiger partial charge in [-0.2, -0.15) is 0 Å². The maximum atomic E-state index is 11.6. The maximum Gasteiger partial charge on any atom is 0.254 e. The van der Waals surface area contributed by atoms with Crippen molar-refractivity contribution in [3.63, 3.8) is 0 Å². The summed E-state index contributed by atoms with van der Waals surface area (Å²) in [5.41, 5.74) is 5.16. The zero-order valence-corrected chi connectivity index (χ0v) is 9.74. The SMILES string of the molecule is NC(=O)COCCNC(=O)c1cnccc1Cl. The number of aromatic nitrogens is 1. The van der Waals surface area contributed by atoms with Crippen LogP contribution in [0.15, 0.2) is 18.5 Å². The second kappa shape index (κ2) is 6.82. The van der Waals surface area contributed by atoms with Crippen molar-refractivity contribution in [3.05, 3.63) is 29.0 Å². The van der Waals surface area contributed by atoms with Gasteiger partial charge in [-0.05, 0) is 6.07 Å². The highest BCUT2D eigenvalue weighted by atomic mass is 35.5. The van der Waals surface area contributed by atoms with Gasteiger partial charge in [0.25, 0.3) is 5.91 Å². The van der Waals surface area contributed by atoms with Crippen LogP contribution in [0.4, 0.5) is 0 Å². The number of hydrogen-bond acceptors (Lipinski definition) is 4. The van der Waals surface area contributed by atoms with E-state index in [1.807, 2.05) is 0 Å². The number of nitrogens with one attached hydrogen (secondary N) is 1. The van der Waals surface area contributed by atoms with E-state index in [0.717, 1.165) is 0 Å². The molecule has 1 heterocycles. The lowest BCUT2D eigenvalue weighted by molar-refractivity contribution is -0.122. The van der Waals surface area contributed by atoms with Crippen LogP contribution in [0.3, 0.4) is 0 Å². The molecule has 3 N–H and O–H groups in total. The fourth-order valence-electron chi connectivity index (χ4n) is 1.05. The average Bonchev–Trinajstić information content (AvgIpc) is 2.28. The van der Waals surface area contributed by atoms with E-state index in [0.29, 0.717) is 10.6 Å². The van der Waals surface area contributed by atoms with E-state index in [9.17, 15) is 9.59 Å². The molecule has 0 fully saturated rings. The van der Waals surface area contributed by atoms with E-state index >= 15 is 0 Å². The molecular weight excluding hydrogens is 246 g/mol. The van der Waals surface area contributed by atoms with Crippen LogP contribution in [0, 0.1) is 0 Å². The zero-order chi connectivity index (χ0) is 12.7. The minimum Gasteiger partial charge on any atom is -0.370 e. The van der Waals surface area contributed by atoms with Gasteiger partial charge >= 0.3 is 0 Å². The molecule has 0 saturated carbocycles. The number of carbonyl (C=O) groups is 2. The summed E-state index contributed by atoms with van der Waals surface area (Å²) in [6.07, 6.45) is 2.87. The third-order valence-electron chi connectivity index (χ3n) is 1.79. The Kier molecular flexibility index (Phi) is 5.38. The fraction of sp³-hybridized carbons (Fsp3) is 0.300. The Labute approximate surface area is 103 Å². The molecule has 92 valence electrons. The number of hydrogen-bond donors (Lipinski definition) is 2. The van der Waals surface area contributed by atoms with Gasteiger partial charge in [0.05, 0.1) is 17.2 Å². The number of primary amides is 1. The topological polar surface area (TPSA) is 94.3 Å². The summed E-state index contributed by atoms with van der Waals surface area (Å²) in [6, 6.07) is 1.53. The van der Waals surface area contributed by atoms with Gasteiger partial charge in [0.2, 0.25) is 5.91 Å². The first kappa shape index (κ1) is 13.4. The van der Waals surface area contributed by atoms with Gasteiger partial charge in [-0.15, -0.1) is 0 Å². The first-order chi connectivity index (χ1) is 8.11. The molecule has 0 unspecified atom stereocenters. The van der Waals surface area contributed by atoms with Gasteiger partial charge in [0.1, 0.15) is 6.61 Å². The Morgan fingerprint density at radius 1 is 1.53 bits per heavy atom. The molecule has 6 nitrogen and oxygen atoms in total. The molecule has 7 heteroatoms. The molecular formula is C10H12ClN3O3. The van der Waals surface area contributed by atoms with E-state index in [1.165, 1.54) is 18.5 Å². The quantitative estimate of drug-likeness (QED) is 0.700. The predicted molar refractivity (Wildman–Crippen MR) is 61.6 cm³/mol. The molecule has 0 aliphatic carbocycles. The van der Waals surface area contributed by atoms with E-state index < -0.39 is 5.91 Å². The Morgan fingerprint density at radius 2 is 2.29 bits per heavy atom. The second-order valence-corrected chi connectivity index (χ2v) is 3.54. The monoisotopic (exact) mass is 257 g/mol. The van der Waals surface area contributed by atoms with Crippen LogP contribution in [0.1, 0.15) is 10.4 Å². The van der Waals surface area contributed by atoms with Crippen molar-refractivity contribution >= 4 is 23.4 Å². The van der Waals surface area contributed by atoms with Crippen LogP contribution >= 0.6 is 11.6 Å². The van der Waals surface area contributed by atoms with Gasteiger partial charge in [0.15, 0.2) is 0 Å². The van der Waals surface area contributed by atoms with Gasteiger partial charge in [0, 0.05) is 18.9 Å². The van der Waals surface area contributed by atoms with Crippen molar-refractivity contribution in [3.8, 4) is 0 Å². The lowest BCUT2D eigenvalue weighted by Gasteiger charge is -2.06. The molecule has 0 spiro atoms. The largest absolute Gasteiger partial charge is 0.370 e. The molecule has 0 atom stereocenters. The molecule has 1 rings (SSSR count). The van der Waals surface area contributed by atoms with Crippen LogP contribution in [-0.4, -0.2) is 36.6 Å². The summed E-state index contributed by atoms with van der Waals surface area (Å²) in [4.78, 5) is 25.7. The average molecular weight is 258 g/mol. The molecule has 0 aliphatic rings. The van der Waals surface area contributed by atoms with Gasteiger partial charge in [-0.3, -0.25) is 14.6 Å². The van der Waals surface area contributed by atoms with E-state index in [4.69, 9.17) is 22.1 Å². The molecule has 0 radical (unpaired) electrons. The summed E-state index contributed by atoms with van der Waals surface area (Å²) in [5.74, 6) is -0.891. The highest BCUT2D eigenvalue weighted by Gasteiger charge is 2.08. The van der Waals surface area contributed by atoms with Crippen LogP contribution in [0.2, 0.25) is 5.02 Å². The van der Waals surface area contributed by atoms with Gasteiger partial charge in [-0.25, -0.2) is 0 Å². The molecule has 0 saturated heterocycles. The summed E-state index contributed by atoms with van der Waals surface area (Å²) < 4.78 is 4.87. The van der Waals surface area contributed by atoms with Gasteiger partial charge < -0.3 is 15.8 Å². The van der Waals surface area contributed by atoms with Crippen LogP contribution < -0.4 is 11.1 Å². The van der Waals surface area contributed by atoms with Crippen molar-refractivity contribution < 1.29 is 14.3 Å². The van der Waals surface area contributed by atoms with Gasteiger partial charge in [-0.1, -0.05) is 11.6 Å². The predicted octanol–water partition coefficient (Wildman–Crippen LogP) is -0.0333. The standard InChI is InChI=1S/C10H12ClN3O3/c11-8-1-2-13-5-7(8)10(16)14-3-4-17-6-9(12)15/h1-2,5H,3-4,6H2,(H2,12,15)(H,14,16). The summed E-state index contributed by atoms with van der Waals surface area (Å²) in [7, 11) is 0. The maximum absolute atomic E-state index is 11.6. The molecule has 1 aromatic heterocycles. The first-order valence-electron chi connectivity index (χ1n) is 4.85. The Morgan fingerprint density at radius 3 is 2.94 bits per heavy atom. The highest BCUT2D eigenvalue weighted by Crippen LogP contribution is 2.12. The Bertz CT molecular complexity index is 412. The fourth-order valence-corrected chi connectivity index (χ4v) is 1.24. The lowest BCUT2D eigenvalue weighted by Crippen LogP contribution is -2.29. The van der Waals surface area contributed by atoms with E-state index in [1.54, 1.807) is 0 Å². The third kappa shape index (κ3) is 4.80. The van der Waals surface area contributed by atoms with Crippen molar-refractivity contribution in [2.75, 3.05) is 19.8 Å². The normalized spacial score (nSPS) is 9.94. The Hall–Kier alpha value is -1.66. The van der Waals surface area contributed by atoms with Crippen molar-refractivity contribution in [2.45, 2.75) is 0 Å². The third-order valence-corrected chi connectivity index (χ3v) is 2.12. The molecule has 2 amide bonds. The number of amides is 2. The minimum absolute atomic E-state index is 0.163. The minimum atomic E-state index is -0.549. The Balaban J connectivity index is 2.31. The molecule has 17 heavy (non-hydrogen) atoms. The van der Waals surface area contributed by atoms with Crippen LogP contribution in [0.5, 0.6) is 0 Å². The van der Waals surface area contributed by atoms with E-state index in [-0.39, 0.29) is 25.7 Å². The number of rotatable bonds is 6. The number of nitrogens with two attached hydrogens (primary N) is 1.